The average Bonchev–Trinajstić information content (AvgIpc) is 3.44. The molecular formula is C24H28FN5O2. The highest BCUT2D eigenvalue weighted by Gasteiger charge is 2.33. The lowest BCUT2D eigenvalue weighted by Gasteiger charge is -2.23. The van der Waals surface area contributed by atoms with E-state index in [1.165, 1.54) is 12.1 Å². The lowest BCUT2D eigenvalue weighted by Crippen LogP contribution is -2.31. The van der Waals surface area contributed by atoms with Crippen LogP contribution in [0.3, 0.4) is 0 Å². The monoisotopic (exact) mass is 437 g/mol. The largest absolute Gasteiger partial charge is 0.492 e. The Bertz CT molecular complexity index is 1050. The first kappa shape index (κ1) is 22.0. The number of ether oxygens (including phenoxy) is 1. The fourth-order valence-electron chi connectivity index (χ4n) is 3.84. The molecule has 1 saturated heterocycles. The van der Waals surface area contributed by atoms with Gasteiger partial charge >= 0.3 is 0 Å². The van der Waals surface area contributed by atoms with Crippen molar-refractivity contribution < 1.29 is 13.9 Å². The van der Waals surface area contributed by atoms with Crippen LogP contribution in [0, 0.1) is 5.82 Å². The summed E-state index contributed by atoms with van der Waals surface area (Å²) in [6, 6.07) is 13.5. The zero-order chi connectivity index (χ0) is 22.5. The quantitative estimate of drug-likeness (QED) is 0.584. The second kappa shape index (κ2) is 9.91. The maximum Gasteiger partial charge on any atom is 0.254 e. The van der Waals surface area contributed by atoms with E-state index in [0.717, 1.165) is 24.9 Å². The maximum absolute atomic E-state index is 13.3. The first-order valence-electron chi connectivity index (χ1n) is 10.8. The van der Waals surface area contributed by atoms with Crippen LogP contribution in [0.15, 0.2) is 48.5 Å². The minimum atomic E-state index is -0.265. The lowest BCUT2D eigenvalue weighted by molar-refractivity contribution is 0.0729. The number of rotatable bonds is 8. The molecule has 0 aliphatic carbocycles. The summed E-state index contributed by atoms with van der Waals surface area (Å²) in [6.07, 6.45) is 2.25. The summed E-state index contributed by atoms with van der Waals surface area (Å²) in [6.45, 7) is 2.03. The number of carbonyl (C=O) groups excluding carboxylic acids is 1. The van der Waals surface area contributed by atoms with Crippen LogP contribution >= 0.6 is 0 Å². The van der Waals surface area contributed by atoms with Gasteiger partial charge in [-0.1, -0.05) is 18.2 Å². The molecule has 1 fully saturated rings. The molecule has 0 bridgehead atoms. The molecule has 2 heterocycles. The normalized spacial score (nSPS) is 16.0. The molecule has 1 N–H and O–H groups in total. The fourth-order valence-corrected chi connectivity index (χ4v) is 3.84. The van der Waals surface area contributed by atoms with Crippen molar-refractivity contribution >= 4 is 5.91 Å². The number of hydrogen-bond donors (Lipinski definition) is 1. The summed E-state index contributed by atoms with van der Waals surface area (Å²) in [5, 5.41) is 7.35. The van der Waals surface area contributed by atoms with E-state index in [2.05, 4.69) is 15.2 Å². The molecule has 7 nitrogen and oxygen atoms in total. The van der Waals surface area contributed by atoms with Crippen LogP contribution in [-0.4, -0.2) is 64.7 Å². The Balaban J connectivity index is 1.44. The van der Waals surface area contributed by atoms with Crippen LogP contribution in [0.1, 0.15) is 46.5 Å². The number of halogens is 1. The smallest absolute Gasteiger partial charge is 0.254 e. The highest BCUT2D eigenvalue weighted by molar-refractivity contribution is 5.95. The molecule has 0 saturated carbocycles. The number of hydrogen-bond acceptors (Lipinski definition) is 5. The third-order valence-corrected chi connectivity index (χ3v) is 5.53. The molecule has 168 valence electrons. The molecule has 1 unspecified atom stereocenters. The van der Waals surface area contributed by atoms with Gasteiger partial charge in [0.2, 0.25) is 0 Å². The number of amides is 1. The van der Waals surface area contributed by atoms with Gasteiger partial charge in [0.15, 0.2) is 5.82 Å². The Morgan fingerprint density at radius 3 is 2.84 bits per heavy atom. The van der Waals surface area contributed by atoms with Crippen molar-refractivity contribution in [3.63, 3.8) is 0 Å². The Kier molecular flexibility index (Phi) is 6.80. The Morgan fingerprint density at radius 1 is 1.25 bits per heavy atom. The third kappa shape index (κ3) is 5.31. The second-order valence-electron chi connectivity index (χ2n) is 8.28. The van der Waals surface area contributed by atoms with Gasteiger partial charge in [0.1, 0.15) is 24.0 Å². The van der Waals surface area contributed by atoms with Crippen LogP contribution in [0.4, 0.5) is 4.39 Å². The summed E-state index contributed by atoms with van der Waals surface area (Å²) in [7, 11) is 3.98. The van der Waals surface area contributed by atoms with Crippen LogP contribution < -0.4 is 4.74 Å². The highest BCUT2D eigenvalue weighted by Crippen LogP contribution is 2.32. The summed E-state index contributed by atoms with van der Waals surface area (Å²) in [4.78, 5) is 21.8. The van der Waals surface area contributed by atoms with Gasteiger partial charge in [-0.2, -0.15) is 5.10 Å². The number of H-pyrrole nitrogens is 1. The maximum atomic E-state index is 13.3. The molecule has 1 aromatic heterocycles. The topological polar surface area (TPSA) is 74.3 Å². The van der Waals surface area contributed by atoms with E-state index in [0.29, 0.717) is 42.5 Å². The number of aromatic amines is 1. The molecule has 32 heavy (non-hydrogen) atoms. The van der Waals surface area contributed by atoms with Crippen LogP contribution in [0.25, 0.3) is 0 Å². The Labute approximate surface area is 187 Å². The van der Waals surface area contributed by atoms with E-state index in [-0.39, 0.29) is 17.8 Å². The summed E-state index contributed by atoms with van der Waals surface area (Å²) in [5.74, 6) is 1.69. The second-order valence-corrected chi connectivity index (χ2v) is 8.28. The molecule has 0 spiro atoms. The molecule has 1 atom stereocenters. The molecule has 1 aliphatic heterocycles. The van der Waals surface area contributed by atoms with E-state index < -0.39 is 0 Å². The lowest BCUT2D eigenvalue weighted by atomic mass is 10.1. The molecule has 3 aromatic rings. The van der Waals surface area contributed by atoms with Gasteiger partial charge in [0, 0.05) is 25.1 Å². The van der Waals surface area contributed by atoms with Crippen molar-refractivity contribution in [3.05, 3.63) is 77.1 Å². The SMILES string of the molecule is CN(C)CCOc1cccc(C(=O)N2CCCC2c2n[nH]c(Cc3ccc(F)cc3)n2)c1. The summed E-state index contributed by atoms with van der Waals surface area (Å²) >= 11 is 0. The van der Waals surface area contributed by atoms with E-state index in [4.69, 9.17) is 4.74 Å². The standard InChI is InChI=1S/C24H28FN5O2/c1-29(2)13-14-32-20-6-3-5-18(16-20)24(31)30-12-4-7-21(30)23-26-22(27-28-23)15-17-8-10-19(25)11-9-17/h3,5-6,8-11,16,21H,4,7,12-15H2,1-2H3,(H,26,27,28). The molecule has 2 aromatic carbocycles. The van der Waals surface area contributed by atoms with Crippen molar-refractivity contribution in [1.29, 1.82) is 0 Å². The van der Waals surface area contributed by atoms with Gasteiger partial charge in [-0.3, -0.25) is 9.89 Å². The molecule has 4 rings (SSSR count). The predicted octanol–water partition coefficient (Wildman–Crippen LogP) is 3.45. The highest BCUT2D eigenvalue weighted by atomic mass is 19.1. The number of benzene rings is 2. The molecule has 8 heteroatoms. The first-order valence-corrected chi connectivity index (χ1v) is 10.8. The van der Waals surface area contributed by atoms with E-state index in [1.807, 2.05) is 42.1 Å². The average molecular weight is 438 g/mol. The first-order chi connectivity index (χ1) is 15.5. The molecule has 1 amide bonds. The van der Waals surface area contributed by atoms with Crippen molar-refractivity contribution in [1.82, 2.24) is 25.0 Å². The van der Waals surface area contributed by atoms with Gasteiger partial charge in [0.05, 0.1) is 6.04 Å². The predicted molar refractivity (Wildman–Crippen MR) is 119 cm³/mol. The molecular weight excluding hydrogens is 409 g/mol. The molecule has 0 radical (unpaired) electrons. The van der Waals surface area contributed by atoms with Crippen molar-refractivity contribution in [2.24, 2.45) is 0 Å². The van der Waals surface area contributed by atoms with Crippen LogP contribution in [0.2, 0.25) is 0 Å². The Morgan fingerprint density at radius 2 is 2.06 bits per heavy atom. The number of carbonyl (C=O) groups is 1. The van der Waals surface area contributed by atoms with Gasteiger partial charge in [-0.05, 0) is 62.8 Å². The van der Waals surface area contributed by atoms with Crippen molar-refractivity contribution in [3.8, 4) is 5.75 Å². The van der Waals surface area contributed by atoms with E-state index >= 15 is 0 Å². The molecule has 1 aliphatic rings. The van der Waals surface area contributed by atoms with Crippen LogP contribution in [-0.2, 0) is 6.42 Å². The fraction of sp³-hybridized carbons (Fsp3) is 0.375. The zero-order valence-corrected chi connectivity index (χ0v) is 18.4. The number of aromatic nitrogens is 3. The zero-order valence-electron chi connectivity index (χ0n) is 18.4. The number of likely N-dealkylation sites (N-methyl/N-ethyl adjacent to an activating group) is 1. The van der Waals surface area contributed by atoms with E-state index in [1.54, 1.807) is 18.2 Å². The number of nitrogens with one attached hydrogen (secondary N) is 1. The van der Waals surface area contributed by atoms with Gasteiger partial charge in [0.25, 0.3) is 5.91 Å². The van der Waals surface area contributed by atoms with Gasteiger partial charge in [-0.15, -0.1) is 0 Å². The van der Waals surface area contributed by atoms with Gasteiger partial charge < -0.3 is 14.5 Å². The minimum absolute atomic E-state index is 0.0459. The van der Waals surface area contributed by atoms with Crippen molar-refractivity contribution in [2.45, 2.75) is 25.3 Å². The summed E-state index contributed by atoms with van der Waals surface area (Å²) in [5.41, 5.74) is 1.54. The van der Waals surface area contributed by atoms with E-state index in [9.17, 15) is 9.18 Å². The minimum Gasteiger partial charge on any atom is -0.492 e. The third-order valence-electron chi connectivity index (χ3n) is 5.53. The summed E-state index contributed by atoms with van der Waals surface area (Å²) < 4.78 is 18.9. The van der Waals surface area contributed by atoms with Crippen LogP contribution in [0.5, 0.6) is 5.75 Å². The van der Waals surface area contributed by atoms with Crippen molar-refractivity contribution in [2.75, 3.05) is 33.8 Å². The van der Waals surface area contributed by atoms with Gasteiger partial charge in [-0.25, -0.2) is 9.37 Å². The Hall–Kier alpha value is -3.26. The number of likely N-dealkylation sites (tertiary alicyclic amines) is 1. The number of nitrogens with zero attached hydrogens (tertiary/aromatic N) is 4.